The predicted molar refractivity (Wildman–Crippen MR) is 117 cm³/mol. The molecule has 4 aromatic rings. The smallest absolute Gasteiger partial charge is 0.261 e. The Labute approximate surface area is 180 Å². The molecule has 31 heavy (non-hydrogen) atoms. The number of rotatable bonds is 8. The molecule has 0 aliphatic heterocycles. The first-order valence-electron chi connectivity index (χ1n) is 10.1. The molecule has 0 radical (unpaired) electrons. The predicted octanol–water partition coefficient (Wildman–Crippen LogP) is 4.37. The Balaban J connectivity index is 1.41. The Morgan fingerprint density at radius 3 is 2.74 bits per heavy atom. The Hall–Kier alpha value is -3.87. The number of nitrogens with one attached hydrogen (secondary N) is 1. The molecule has 7 nitrogen and oxygen atoms in total. The van der Waals surface area contributed by atoms with Crippen LogP contribution in [0.1, 0.15) is 19.2 Å². The van der Waals surface area contributed by atoms with Crippen molar-refractivity contribution in [1.82, 2.24) is 15.5 Å². The summed E-state index contributed by atoms with van der Waals surface area (Å²) in [4.78, 5) is 17.1. The number of carbonyl (C=O) groups is 1. The van der Waals surface area contributed by atoms with Crippen LogP contribution in [0.2, 0.25) is 0 Å². The normalized spacial score (nSPS) is 11.8. The van der Waals surface area contributed by atoms with Gasteiger partial charge in [-0.2, -0.15) is 4.98 Å². The van der Waals surface area contributed by atoms with Gasteiger partial charge in [-0.15, -0.1) is 0 Å². The van der Waals surface area contributed by atoms with Gasteiger partial charge in [-0.1, -0.05) is 60.6 Å². The van der Waals surface area contributed by atoms with Gasteiger partial charge in [0, 0.05) is 10.9 Å². The number of methoxy groups -OCH3 is 1. The maximum absolute atomic E-state index is 12.7. The highest BCUT2D eigenvalue weighted by molar-refractivity contribution is 5.89. The number of carbonyl (C=O) groups excluding carboxylic acids is 1. The summed E-state index contributed by atoms with van der Waals surface area (Å²) < 4.78 is 16.5. The molecular weight excluding hydrogens is 394 g/mol. The van der Waals surface area contributed by atoms with E-state index in [2.05, 4.69) is 15.5 Å². The van der Waals surface area contributed by atoms with E-state index in [-0.39, 0.29) is 12.5 Å². The first-order valence-corrected chi connectivity index (χ1v) is 10.1. The van der Waals surface area contributed by atoms with Crippen LogP contribution in [0.5, 0.6) is 11.5 Å². The second-order valence-corrected chi connectivity index (χ2v) is 6.95. The van der Waals surface area contributed by atoms with Crippen molar-refractivity contribution < 1.29 is 18.8 Å². The zero-order valence-corrected chi connectivity index (χ0v) is 17.4. The molecule has 1 amide bonds. The van der Waals surface area contributed by atoms with Gasteiger partial charge >= 0.3 is 0 Å². The molecule has 1 N–H and O–H groups in total. The van der Waals surface area contributed by atoms with Gasteiger partial charge in [0.2, 0.25) is 11.7 Å². The molecule has 0 bridgehead atoms. The third kappa shape index (κ3) is 4.66. The van der Waals surface area contributed by atoms with E-state index in [0.717, 1.165) is 16.3 Å². The monoisotopic (exact) mass is 417 g/mol. The standard InChI is InChI=1S/C24H23N3O4/c1-3-20(30-21-13-7-9-16-8-4-5-12-19(16)21)24(28)25-15-22-26-23(27-31-22)17-10-6-11-18(14-17)29-2/h4-14,20H,3,15H2,1-2H3,(H,25,28). The summed E-state index contributed by atoms with van der Waals surface area (Å²) in [5, 5.41) is 8.83. The topological polar surface area (TPSA) is 86.5 Å². The van der Waals surface area contributed by atoms with Crippen LogP contribution in [0.15, 0.2) is 71.3 Å². The Morgan fingerprint density at radius 1 is 1.10 bits per heavy atom. The van der Waals surface area contributed by atoms with Crippen molar-refractivity contribution in [1.29, 1.82) is 0 Å². The highest BCUT2D eigenvalue weighted by Crippen LogP contribution is 2.26. The highest BCUT2D eigenvalue weighted by Gasteiger charge is 2.20. The van der Waals surface area contributed by atoms with Crippen LogP contribution in [0.3, 0.4) is 0 Å². The third-order valence-electron chi connectivity index (χ3n) is 4.89. The summed E-state index contributed by atoms with van der Waals surface area (Å²) in [5.41, 5.74) is 0.770. The zero-order valence-electron chi connectivity index (χ0n) is 17.4. The lowest BCUT2D eigenvalue weighted by Crippen LogP contribution is -2.37. The van der Waals surface area contributed by atoms with Gasteiger partial charge in [0.1, 0.15) is 11.5 Å². The maximum atomic E-state index is 12.7. The molecular formula is C24H23N3O4. The lowest BCUT2D eigenvalue weighted by molar-refractivity contribution is -0.128. The third-order valence-corrected chi connectivity index (χ3v) is 4.89. The van der Waals surface area contributed by atoms with Crippen LogP contribution >= 0.6 is 0 Å². The number of benzene rings is 3. The van der Waals surface area contributed by atoms with Crippen LogP contribution in [0.25, 0.3) is 22.2 Å². The number of hydrogen-bond acceptors (Lipinski definition) is 6. The Bertz CT molecular complexity index is 1180. The number of fused-ring (bicyclic) bond motifs is 1. The molecule has 1 atom stereocenters. The number of amides is 1. The van der Waals surface area contributed by atoms with Crippen molar-refractivity contribution in [2.75, 3.05) is 7.11 Å². The first-order chi connectivity index (χ1) is 15.2. The first kappa shape index (κ1) is 20.4. The molecule has 1 heterocycles. The quantitative estimate of drug-likeness (QED) is 0.458. The van der Waals surface area contributed by atoms with E-state index < -0.39 is 6.10 Å². The fraction of sp³-hybridized carbons (Fsp3) is 0.208. The van der Waals surface area contributed by atoms with Crippen LogP contribution in [0.4, 0.5) is 0 Å². The highest BCUT2D eigenvalue weighted by atomic mass is 16.5. The van der Waals surface area contributed by atoms with E-state index in [1.54, 1.807) is 7.11 Å². The van der Waals surface area contributed by atoms with E-state index in [4.69, 9.17) is 14.0 Å². The summed E-state index contributed by atoms with van der Waals surface area (Å²) in [6, 6.07) is 21.1. The molecule has 0 aliphatic carbocycles. The molecule has 7 heteroatoms. The lowest BCUT2D eigenvalue weighted by Gasteiger charge is -2.18. The average Bonchev–Trinajstić information content (AvgIpc) is 3.30. The van der Waals surface area contributed by atoms with Crippen LogP contribution in [0, 0.1) is 0 Å². The second-order valence-electron chi connectivity index (χ2n) is 6.95. The molecule has 0 aliphatic rings. The van der Waals surface area contributed by atoms with Gasteiger partial charge in [-0.3, -0.25) is 4.79 Å². The number of hydrogen-bond donors (Lipinski definition) is 1. The molecule has 1 aromatic heterocycles. The zero-order chi connectivity index (χ0) is 21.6. The molecule has 158 valence electrons. The van der Waals surface area contributed by atoms with Gasteiger partial charge < -0.3 is 19.3 Å². The summed E-state index contributed by atoms with van der Waals surface area (Å²) in [5.74, 6) is 1.89. The molecule has 0 fully saturated rings. The number of ether oxygens (including phenoxy) is 2. The van der Waals surface area contributed by atoms with Crippen LogP contribution in [-0.2, 0) is 11.3 Å². The van der Waals surface area contributed by atoms with Crippen molar-refractivity contribution in [3.05, 3.63) is 72.6 Å². The summed E-state index contributed by atoms with van der Waals surface area (Å²) >= 11 is 0. The van der Waals surface area contributed by atoms with Gasteiger partial charge in [0.15, 0.2) is 6.10 Å². The van der Waals surface area contributed by atoms with Crippen molar-refractivity contribution in [3.8, 4) is 22.9 Å². The largest absolute Gasteiger partial charge is 0.497 e. The summed E-state index contributed by atoms with van der Waals surface area (Å²) in [7, 11) is 1.60. The van der Waals surface area contributed by atoms with Gasteiger partial charge in [0.05, 0.1) is 13.7 Å². The minimum absolute atomic E-state index is 0.116. The van der Waals surface area contributed by atoms with Gasteiger partial charge in [-0.05, 0) is 30.0 Å². The van der Waals surface area contributed by atoms with Crippen LogP contribution in [-0.4, -0.2) is 29.3 Å². The Kier molecular flexibility index (Phi) is 6.12. The molecule has 3 aromatic carbocycles. The fourth-order valence-corrected chi connectivity index (χ4v) is 3.26. The average molecular weight is 417 g/mol. The van der Waals surface area contributed by atoms with Gasteiger partial charge in [-0.25, -0.2) is 0 Å². The number of nitrogens with zero attached hydrogens (tertiary/aromatic N) is 2. The van der Waals surface area contributed by atoms with E-state index in [1.807, 2.05) is 73.7 Å². The van der Waals surface area contributed by atoms with Crippen molar-refractivity contribution >= 4 is 16.7 Å². The molecule has 0 saturated heterocycles. The van der Waals surface area contributed by atoms with Crippen LogP contribution < -0.4 is 14.8 Å². The SMILES string of the molecule is CCC(Oc1cccc2ccccc12)C(=O)NCc1nc(-c2cccc(OC)c2)no1. The lowest BCUT2D eigenvalue weighted by atomic mass is 10.1. The number of aromatic nitrogens is 2. The van der Waals surface area contributed by atoms with Crippen molar-refractivity contribution in [3.63, 3.8) is 0 Å². The summed E-state index contributed by atoms with van der Waals surface area (Å²) in [6.45, 7) is 2.02. The van der Waals surface area contributed by atoms with E-state index in [9.17, 15) is 4.79 Å². The minimum atomic E-state index is -0.633. The fourth-order valence-electron chi connectivity index (χ4n) is 3.26. The van der Waals surface area contributed by atoms with E-state index >= 15 is 0 Å². The molecule has 1 unspecified atom stereocenters. The molecule has 4 rings (SSSR count). The second kappa shape index (κ2) is 9.30. The van der Waals surface area contributed by atoms with E-state index in [0.29, 0.717) is 29.6 Å². The maximum Gasteiger partial charge on any atom is 0.261 e. The molecule has 0 saturated carbocycles. The van der Waals surface area contributed by atoms with E-state index in [1.165, 1.54) is 0 Å². The minimum Gasteiger partial charge on any atom is -0.497 e. The van der Waals surface area contributed by atoms with Crippen molar-refractivity contribution in [2.45, 2.75) is 26.0 Å². The van der Waals surface area contributed by atoms with Gasteiger partial charge in [0.25, 0.3) is 5.91 Å². The Morgan fingerprint density at radius 2 is 1.90 bits per heavy atom. The molecule has 0 spiro atoms. The summed E-state index contributed by atoms with van der Waals surface area (Å²) in [6.07, 6.45) is -0.111. The van der Waals surface area contributed by atoms with Crippen molar-refractivity contribution in [2.24, 2.45) is 0 Å².